The van der Waals surface area contributed by atoms with Gasteiger partial charge in [-0.2, -0.15) is 0 Å². The van der Waals surface area contributed by atoms with Gasteiger partial charge in [0.1, 0.15) is 0 Å². The SMILES string of the molecule is NNC(=O)c1ccc(Cn2cncc(I)c2=O)c(Br)c1. The normalized spacial score (nSPS) is 10.3. The summed E-state index contributed by atoms with van der Waals surface area (Å²) >= 11 is 5.33. The molecular formula is C12H10BrIN4O2. The van der Waals surface area contributed by atoms with E-state index in [0.29, 0.717) is 15.7 Å². The zero-order chi connectivity index (χ0) is 14.7. The molecule has 0 bridgehead atoms. The van der Waals surface area contributed by atoms with Crippen molar-refractivity contribution >= 4 is 44.4 Å². The molecule has 6 nitrogen and oxygen atoms in total. The predicted molar refractivity (Wildman–Crippen MR) is 86.1 cm³/mol. The first-order valence-corrected chi connectivity index (χ1v) is 7.39. The first-order valence-electron chi connectivity index (χ1n) is 5.52. The summed E-state index contributed by atoms with van der Waals surface area (Å²) in [5.41, 5.74) is 3.27. The van der Waals surface area contributed by atoms with Crippen LogP contribution < -0.4 is 16.8 Å². The van der Waals surface area contributed by atoms with Gasteiger partial charge in [0.15, 0.2) is 0 Å². The van der Waals surface area contributed by atoms with Crippen molar-refractivity contribution in [2.75, 3.05) is 0 Å². The second kappa shape index (κ2) is 6.46. The number of benzene rings is 1. The zero-order valence-corrected chi connectivity index (χ0v) is 13.9. The van der Waals surface area contributed by atoms with Gasteiger partial charge in [0.2, 0.25) is 0 Å². The fourth-order valence-corrected chi connectivity index (χ4v) is 2.60. The Kier molecular flexibility index (Phi) is 4.89. The van der Waals surface area contributed by atoms with Crippen LogP contribution in [0.1, 0.15) is 15.9 Å². The molecule has 1 aromatic carbocycles. The predicted octanol–water partition coefficient (Wildman–Crippen LogP) is 1.26. The van der Waals surface area contributed by atoms with Crippen LogP contribution in [-0.4, -0.2) is 15.5 Å². The smallest absolute Gasteiger partial charge is 0.267 e. The number of carbonyl (C=O) groups is 1. The van der Waals surface area contributed by atoms with Crippen molar-refractivity contribution in [3.8, 4) is 0 Å². The Hall–Kier alpha value is -1.26. The number of nitrogens with zero attached hydrogens (tertiary/aromatic N) is 2. The van der Waals surface area contributed by atoms with E-state index in [0.717, 1.165) is 10.0 Å². The molecule has 0 saturated carbocycles. The monoisotopic (exact) mass is 448 g/mol. The number of halogens is 2. The van der Waals surface area contributed by atoms with E-state index in [9.17, 15) is 9.59 Å². The van der Waals surface area contributed by atoms with Crippen LogP contribution in [0.3, 0.4) is 0 Å². The highest BCUT2D eigenvalue weighted by atomic mass is 127. The maximum Gasteiger partial charge on any atom is 0.267 e. The lowest BCUT2D eigenvalue weighted by Crippen LogP contribution is -2.30. The summed E-state index contributed by atoms with van der Waals surface area (Å²) < 4.78 is 2.79. The average molecular weight is 449 g/mol. The second-order valence-corrected chi connectivity index (χ2v) is 5.97. The average Bonchev–Trinajstić information content (AvgIpc) is 2.45. The number of rotatable bonds is 3. The molecule has 8 heteroatoms. The van der Waals surface area contributed by atoms with Gasteiger partial charge in [0, 0.05) is 16.2 Å². The van der Waals surface area contributed by atoms with E-state index >= 15 is 0 Å². The van der Waals surface area contributed by atoms with Crippen molar-refractivity contribution in [2.45, 2.75) is 6.54 Å². The Morgan fingerprint density at radius 1 is 1.50 bits per heavy atom. The maximum absolute atomic E-state index is 11.9. The number of carbonyl (C=O) groups excluding carboxylic acids is 1. The summed E-state index contributed by atoms with van der Waals surface area (Å²) in [6.45, 7) is 0.369. The first-order chi connectivity index (χ1) is 9.52. The third-order valence-electron chi connectivity index (χ3n) is 2.65. The van der Waals surface area contributed by atoms with Gasteiger partial charge in [-0.3, -0.25) is 19.6 Å². The molecular weight excluding hydrogens is 439 g/mol. The van der Waals surface area contributed by atoms with Crippen LogP contribution in [0, 0.1) is 3.57 Å². The minimum Gasteiger partial charge on any atom is -0.294 e. The Bertz CT molecular complexity index is 717. The first kappa shape index (κ1) is 15.1. The minimum atomic E-state index is -0.370. The molecule has 0 saturated heterocycles. The summed E-state index contributed by atoms with van der Waals surface area (Å²) in [4.78, 5) is 27.3. The minimum absolute atomic E-state index is 0.101. The van der Waals surface area contributed by atoms with Gasteiger partial charge in [-0.15, -0.1) is 0 Å². The number of nitrogen functional groups attached to an aromatic ring is 1. The molecule has 20 heavy (non-hydrogen) atoms. The van der Waals surface area contributed by atoms with Crippen LogP contribution in [0.5, 0.6) is 0 Å². The highest BCUT2D eigenvalue weighted by Gasteiger charge is 2.09. The van der Waals surface area contributed by atoms with Crippen molar-refractivity contribution in [2.24, 2.45) is 5.84 Å². The van der Waals surface area contributed by atoms with Gasteiger partial charge in [0.05, 0.1) is 16.4 Å². The van der Waals surface area contributed by atoms with Crippen molar-refractivity contribution < 1.29 is 4.79 Å². The molecule has 0 fully saturated rings. The molecule has 0 radical (unpaired) electrons. The fourth-order valence-electron chi connectivity index (χ4n) is 1.62. The van der Waals surface area contributed by atoms with Crippen molar-refractivity contribution in [3.05, 3.63) is 60.2 Å². The van der Waals surface area contributed by atoms with E-state index < -0.39 is 0 Å². The highest BCUT2D eigenvalue weighted by molar-refractivity contribution is 14.1. The van der Waals surface area contributed by atoms with Crippen LogP contribution in [-0.2, 0) is 6.54 Å². The van der Waals surface area contributed by atoms with Crippen molar-refractivity contribution in [3.63, 3.8) is 0 Å². The number of aromatic nitrogens is 2. The summed E-state index contributed by atoms with van der Waals surface area (Å²) in [7, 11) is 0. The van der Waals surface area contributed by atoms with Crippen LogP contribution in [0.4, 0.5) is 0 Å². The largest absolute Gasteiger partial charge is 0.294 e. The Morgan fingerprint density at radius 3 is 2.90 bits per heavy atom. The van der Waals surface area contributed by atoms with Gasteiger partial charge in [-0.05, 0) is 40.3 Å². The molecule has 104 valence electrons. The van der Waals surface area contributed by atoms with Gasteiger partial charge in [0.25, 0.3) is 11.5 Å². The Labute approximate surface area is 136 Å². The molecule has 1 amide bonds. The van der Waals surface area contributed by atoms with Gasteiger partial charge < -0.3 is 0 Å². The molecule has 1 aromatic heterocycles. The third kappa shape index (κ3) is 3.25. The van der Waals surface area contributed by atoms with E-state index in [4.69, 9.17) is 5.84 Å². The van der Waals surface area contributed by atoms with Crippen LogP contribution >= 0.6 is 38.5 Å². The van der Waals surface area contributed by atoms with E-state index in [1.807, 2.05) is 22.6 Å². The standard InChI is InChI=1S/C12H10BrIN4O2/c13-9-3-7(11(19)17-15)1-2-8(9)5-18-6-16-4-10(14)12(18)20/h1-4,6H,5,15H2,(H,17,19). The number of hydrazine groups is 1. The van der Waals surface area contributed by atoms with Crippen LogP contribution in [0.2, 0.25) is 0 Å². The lowest BCUT2D eigenvalue weighted by Gasteiger charge is -2.09. The van der Waals surface area contributed by atoms with Crippen LogP contribution in [0.15, 0.2) is 40.0 Å². The quantitative estimate of drug-likeness (QED) is 0.320. The molecule has 0 aliphatic rings. The Balaban J connectivity index is 2.33. The molecule has 0 unspecified atom stereocenters. The zero-order valence-electron chi connectivity index (χ0n) is 10.1. The van der Waals surface area contributed by atoms with Gasteiger partial charge in [-0.1, -0.05) is 22.0 Å². The van der Waals surface area contributed by atoms with Crippen LogP contribution in [0.25, 0.3) is 0 Å². The lowest BCUT2D eigenvalue weighted by atomic mass is 10.1. The molecule has 3 N–H and O–H groups in total. The van der Waals surface area contributed by atoms with Crippen molar-refractivity contribution in [1.29, 1.82) is 0 Å². The molecule has 0 aliphatic carbocycles. The van der Waals surface area contributed by atoms with Gasteiger partial charge in [-0.25, -0.2) is 10.8 Å². The topological polar surface area (TPSA) is 90.0 Å². The fraction of sp³-hybridized carbons (Fsp3) is 0.0833. The Morgan fingerprint density at radius 2 is 2.25 bits per heavy atom. The third-order valence-corrected chi connectivity index (χ3v) is 4.12. The molecule has 2 rings (SSSR count). The van der Waals surface area contributed by atoms with Gasteiger partial charge >= 0.3 is 0 Å². The number of nitrogens with two attached hydrogens (primary N) is 1. The summed E-state index contributed by atoms with van der Waals surface area (Å²) in [6.07, 6.45) is 3.00. The summed E-state index contributed by atoms with van der Waals surface area (Å²) in [5, 5.41) is 0. The molecule has 0 atom stereocenters. The van der Waals surface area contributed by atoms with E-state index in [1.54, 1.807) is 18.2 Å². The number of hydrogen-bond donors (Lipinski definition) is 2. The highest BCUT2D eigenvalue weighted by Crippen LogP contribution is 2.19. The molecule has 1 heterocycles. The number of nitrogens with one attached hydrogen (secondary N) is 1. The second-order valence-electron chi connectivity index (χ2n) is 3.95. The lowest BCUT2D eigenvalue weighted by molar-refractivity contribution is 0.0953. The molecule has 0 aliphatic heterocycles. The summed E-state index contributed by atoms with van der Waals surface area (Å²) in [5.74, 6) is 4.71. The maximum atomic E-state index is 11.9. The molecule has 2 aromatic rings. The number of hydrogen-bond acceptors (Lipinski definition) is 4. The van der Waals surface area contributed by atoms with E-state index in [-0.39, 0.29) is 11.5 Å². The van der Waals surface area contributed by atoms with E-state index in [2.05, 4.69) is 26.3 Å². The van der Waals surface area contributed by atoms with E-state index in [1.165, 1.54) is 17.1 Å². The van der Waals surface area contributed by atoms with Crippen molar-refractivity contribution in [1.82, 2.24) is 15.0 Å². The number of amides is 1. The molecule has 0 spiro atoms. The summed E-state index contributed by atoms with van der Waals surface area (Å²) in [6, 6.07) is 5.07.